The van der Waals surface area contributed by atoms with E-state index in [1.54, 1.807) is 30.3 Å². The molecule has 3 aromatic rings. The molecule has 0 fully saturated rings. The lowest BCUT2D eigenvalue weighted by Crippen LogP contribution is -1.99. The lowest BCUT2D eigenvalue weighted by molar-refractivity contribution is 0.101. The summed E-state index contributed by atoms with van der Waals surface area (Å²) < 4.78 is 25.5. The molecule has 0 atom stereocenters. The molecule has 0 amide bonds. The number of hydrogen-bond acceptors (Lipinski definition) is 3. The van der Waals surface area contributed by atoms with E-state index in [0.717, 1.165) is 11.1 Å². The van der Waals surface area contributed by atoms with Crippen molar-refractivity contribution in [2.24, 2.45) is 0 Å². The van der Waals surface area contributed by atoms with Crippen LogP contribution in [0.15, 0.2) is 73.0 Å². The van der Waals surface area contributed by atoms with Gasteiger partial charge in [-0.3, -0.25) is 4.79 Å². The Morgan fingerprint density at radius 1 is 1.10 bits per heavy atom. The van der Waals surface area contributed by atoms with Gasteiger partial charge < -0.3 is 9.47 Å². The van der Waals surface area contributed by atoms with Crippen LogP contribution in [-0.4, -0.2) is 5.78 Å². The van der Waals surface area contributed by atoms with Gasteiger partial charge in [-0.05, 0) is 41.5 Å². The van der Waals surface area contributed by atoms with Gasteiger partial charge in [0.1, 0.15) is 23.9 Å². The van der Waals surface area contributed by atoms with Crippen molar-refractivity contribution < 1.29 is 18.7 Å². The number of ketones is 1. The zero-order valence-electron chi connectivity index (χ0n) is 15.3. The summed E-state index contributed by atoms with van der Waals surface area (Å²) in [5, 5.41) is 0.205. The predicted molar refractivity (Wildman–Crippen MR) is 112 cm³/mol. The number of hydrogen-bond donors (Lipinski definition) is 0. The summed E-state index contributed by atoms with van der Waals surface area (Å²) in [6.07, 6.45) is 3.10. The Hall–Kier alpha value is -3.37. The molecule has 1 aliphatic heterocycles. The third-order valence-electron chi connectivity index (χ3n) is 4.54. The van der Waals surface area contributed by atoms with E-state index in [-0.39, 0.29) is 22.1 Å². The maximum absolute atomic E-state index is 14.0. The van der Waals surface area contributed by atoms with Crippen LogP contribution in [0.1, 0.15) is 27.0 Å². The molecule has 3 aromatic carbocycles. The van der Waals surface area contributed by atoms with Gasteiger partial charge in [-0.25, -0.2) is 4.39 Å². The number of rotatable bonds is 5. The van der Waals surface area contributed by atoms with Gasteiger partial charge in [0.05, 0.1) is 10.6 Å². The molecule has 0 N–H and O–H groups in total. The fourth-order valence-electron chi connectivity index (χ4n) is 2.95. The normalized spacial score (nSPS) is 13.9. The lowest BCUT2D eigenvalue weighted by Gasteiger charge is -2.08. The number of benzene rings is 3. The molecule has 4 rings (SSSR count). The molecule has 5 heteroatoms. The van der Waals surface area contributed by atoms with Crippen LogP contribution in [0.2, 0.25) is 5.02 Å². The van der Waals surface area contributed by atoms with E-state index in [1.165, 1.54) is 18.2 Å². The number of halogens is 2. The number of carbonyl (C=O) groups excluding carboxylic acids is 1. The van der Waals surface area contributed by atoms with Crippen LogP contribution in [0.3, 0.4) is 0 Å². The first-order valence-corrected chi connectivity index (χ1v) is 9.29. The number of carbonyl (C=O) groups is 1. The second-order valence-corrected chi connectivity index (χ2v) is 6.87. The monoisotopic (exact) mass is 406 g/mol. The maximum atomic E-state index is 14.0. The Kier molecular flexibility index (Phi) is 5.19. The van der Waals surface area contributed by atoms with E-state index in [4.69, 9.17) is 21.1 Å². The van der Waals surface area contributed by atoms with Crippen molar-refractivity contribution in [2.75, 3.05) is 0 Å². The van der Waals surface area contributed by atoms with Gasteiger partial charge in [0.25, 0.3) is 0 Å². The largest absolute Gasteiger partial charge is 0.489 e. The van der Waals surface area contributed by atoms with Crippen molar-refractivity contribution in [2.45, 2.75) is 6.61 Å². The molecule has 0 saturated carbocycles. The van der Waals surface area contributed by atoms with Crippen LogP contribution >= 0.6 is 11.6 Å². The van der Waals surface area contributed by atoms with E-state index in [1.807, 2.05) is 24.3 Å². The highest BCUT2D eigenvalue weighted by atomic mass is 35.5. The van der Waals surface area contributed by atoms with Gasteiger partial charge in [-0.1, -0.05) is 54.6 Å². The Morgan fingerprint density at radius 3 is 2.62 bits per heavy atom. The van der Waals surface area contributed by atoms with Crippen LogP contribution in [0, 0.1) is 5.82 Å². The van der Waals surface area contributed by atoms with Crippen molar-refractivity contribution in [1.29, 1.82) is 0 Å². The van der Waals surface area contributed by atoms with Gasteiger partial charge in [-0.2, -0.15) is 0 Å². The number of fused-ring (bicyclic) bond motifs is 1. The summed E-state index contributed by atoms with van der Waals surface area (Å²) in [6.45, 7) is 4.10. The first kappa shape index (κ1) is 19.0. The van der Waals surface area contributed by atoms with Crippen LogP contribution < -0.4 is 9.47 Å². The van der Waals surface area contributed by atoms with E-state index < -0.39 is 5.82 Å². The molecule has 0 radical (unpaired) electrons. The SMILES string of the molecule is C=Cc1ccc(COc2ccc3c(c2)OC(=Cc2c(F)cccc2Cl)C3=O)cc1. The van der Waals surface area contributed by atoms with Gasteiger partial charge in [-0.15, -0.1) is 0 Å². The number of ether oxygens (including phenoxy) is 2. The van der Waals surface area contributed by atoms with Gasteiger partial charge >= 0.3 is 0 Å². The highest BCUT2D eigenvalue weighted by Gasteiger charge is 2.28. The molecule has 0 saturated heterocycles. The number of allylic oxidation sites excluding steroid dienone is 1. The predicted octanol–water partition coefficient (Wildman–Crippen LogP) is 6.32. The molecule has 0 bridgehead atoms. The minimum absolute atomic E-state index is 0.0177. The quantitative estimate of drug-likeness (QED) is 0.465. The van der Waals surface area contributed by atoms with E-state index in [9.17, 15) is 9.18 Å². The Bertz CT molecular complexity index is 1110. The van der Waals surface area contributed by atoms with Crippen molar-refractivity contribution in [1.82, 2.24) is 0 Å². The second kappa shape index (κ2) is 7.94. The van der Waals surface area contributed by atoms with Crippen molar-refractivity contribution >= 4 is 29.5 Å². The molecule has 144 valence electrons. The number of Topliss-reactive ketones (excluding diaryl/α,β-unsaturated/α-hetero) is 1. The summed E-state index contributed by atoms with van der Waals surface area (Å²) in [7, 11) is 0. The molecule has 0 unspecified atom stereocenters. The second-order valence-electron chi connectivity index (χ2n) is 6.47. The van der Waals surface area contributed by atoms with E-state index in [2.05, 4.69) is 6.58 Å². The van der Waals surface area contributed by atoms with Gasteiger partial charge in [0, 0.05) is 11.6 Å². The van der Waals surface area contributed by atoms with Crippen LogP contribution in [0.25, 0.3) is 12.2 Å². The maximum Gasteiger partial charge on any atom is 0.231 e. The van der Waals surface area contributed by atoms with Crippen LogP contribution in [-0.2, 0) is 6.61 Å². The average molecular weight is 407 g/mol. The molecule has 0 aliphatic carbocycles. The zero-order chi connectivity index (χ0) is 20.4. The molecule has 0 aromatic heterocycles. The molecule has 29 heavy (non-hydrogen) atoms. The summed E-state index contributed by atoms with van der Waals surface area (Å²) in [4.78, 5) is 12.6. The fourth-order valence-corrected chi connectivity index (χ4v) is 3.17. The molecule has 3 nitrogen and oxygen atoms in total. The van der Waals surface area contributed by atoms with Crippen LogP contribution in [0.4, 0.5) is 4.39 Å². The zero-order valence-corrected chi connectivity index (χ0v) is 16.1. The summed E-state index contributed by atoms with van der Waals surface area (Å²) in [6, 6.07) is 17.2. The molecular weight excluding hydrogens is 391 g/mol. The highest BCUT2D eigenvalue weighted by Crippen LogP contribution is 2.36. The fraction of sp³-hybridized carbons (Fsp3) is 0.0417. The lowest BCUT2D eigenvalue weighted by atomic mass is 10.1. The topological polar surface area (TPSA) is 35.5 Å². The van der Waals surface area contributed by atoms with E-state index >= 15 is 0 Å². The van der Waals surface area contributed by atoms with Gasteiger partial charge in [0.15, 0.2) is 5.76 Å². The first-order valence-electron chi connectivity index (χ1n) is 8.91. The standard InChI is InChI=1S/C24H16ClFO3/c1-2-15-6-8-16(9-7-15)14-28-17-10-11-18-22(12-17)29-23(24(18)27)13-19-20(25)4-3-5-21(19)26/h2-13H,1,14H2. The van der Waals surface area contributed by atoms with Crippen molar-refractivity contribution in [3.8, 4) is 11.5 Å². The third kappa shape index (κ3) is 3.93. The summed E-state index contributed by atoms with van der Waals surface area (Å²) in [5.74, 6) is 0.0987. The highest BCUT2D eigenvalue weighted by molar-refractivity contribution is 6.32. The Labute approximate surface area is 172 Å². The third-order valence-corrected chi connectivity index (χ3v) is 4.87. The van der Waals surface area contributed by atoms with Crippen molar-refractivity contribution in [3.63, 3.8) is 0 Å². The summed E-state index contributed by atoms with van der Waals surface area (Å²) in [5.41, 5.74) is 2.55. The molecule has 0 spiro atoms. The molecule has 1 aliphatic rings. The average Bonchev–Trinajstić information content (AvgIpc) is 3.04. The van der Waals surface area contributed by atoms with E-state index in [0.29, 0.717) is 23.7 Å². The van der Waals surface area contributed by atoms with Gasteiger partial charge in [0.2, 0.25) is 5.78 Å². The Balaban J connectivity index is 1.52. The Morgan fingerprint density at radius 2 is 1.90 bits per heavy atom. The minimum atomic E-state index is -0.524. The smallest absolute Gasteiger partial charge is 0.231 e. The van der Waals surface area contributed by atoms with Crippen LogP contribution in [0.5, 0.6) is 11.5 Å². The first-order chi connectivity index (χ1) is 14.0. The minimum Gasteiger partial charge on any atom is -0.489 e. The van der Waals surface area contributed by atoms with Crippen molar-refractivity contribution in [3.05, 3.63) is 106 Å². The molecular formula is C24H16ClFO3. The summed E-state index contributed by atoms with van der Waals surface area (Å²) >= 11 is 6.03. The molecule has 1 heterocycles.